The molecule has 1 aromatic carbocycles. The van der Waals surface area contributed by atoms with Gasteiger partial charge in [0.25, 0.3) is 0 Å². The highest BCUT2D eigenvalue weighted by atomic mass is 79.9. The van der Waals surface area contributed by atoms with E-state index in [4.69, 9.17) is 10.5 Å². The quantitative estimate of drug-likeness (QED) is 0.690. The van der Waals surface area contributed by atoms with Crippen molar-refractivity contribution in [2.75, 3.05) is 5.73 Å². The average molecular weight is 326 g/mol. The monoisotopic (exact) mass is 325 g/mol. The number of nitrogens with two attached hydrogens (primary N) is 1. The van der Waals surface area contributed by atoms with Crippen molar-refractivity contribution in [2.24, 2.45) is 0 Å². The lowest BCUT2D eigenvalue weighted by Crippen LogP contribution is -2.05. The van der Waals surface area contributed by atoms with Gasteiger partial charge in [-0.3, -0.25) is 0 Å². The number of aryl methyl sites for hydroxylation is 1. The second-order valence-corrected chi connectivity index (χ2v) is 5.69. The number of esters is 1. The first-order valence-corrected chi connectivity index (χ1v) is 7.00. The Morgan fingerprint density at radius 1 is 1.44 bits per heavy atom. The normalized spacial score (nSPS) is 10.3. The molecule has 0 radical (unpaired) electrons. The summed E-state index contributed by atoms with van der Waals surface area (Å²) < 4.78 is 6.20. The van der Waals surface area contributed by atoms with Gasteiger partial charge in [0.2, 0.25) is 0 Å². The molecule has 3 nitrogen and oxygen atoms in total. The molecule has 2 rings (SSSR count). The molecule has 0 bridgehead atoms. The molecular formula is C13H12BrNO2S. The van der Waals surface area contributed by atoms with Gasteiger partial charge in [-0.1, -0.05) is 6.07 Å². The van der Waals surface area contributed by atoms with Crippen LogP contribution in [0.1, 0.15) is 20.8 Å². The van der Waals surface area contributed by atoms with Gasteiger partial charge in [0.1, 0.15) is 6.61 Å². The SMILES string of the molecule is Cc1ccc(C(=O)OCc2sccc2Br)cc1N. The molecule has 0 amide bonds. The van der Waals surface area contributed by atoms with Gasteiger partial charge in [0, 0.05) is 10.2 Å². The van der Waals surface area contributed by atoms with Crippen LogP contribution in [0.15, 0.2) is 34.1 Å². The Balaban J connectivity index is 2.04. The van der Waals surface area contributed by atoms with Crippen LogP contribution in [-0.4, -0.2) is 5.97 Å². The fourth-order valence-corrected chi connectivity index (χ4v) is 2.79. The van der Waals surface area contributed by atoms with Gasteiger partial charge < -0.3 is 10.5 Å². The van der Waals surface area contributed by atoms with Gasteiger partial charge in [-0.15, -0.1) is 11.3 Å². The molecule has 1 heterocycles. The molecule has 2 aromatic rings. The molecule has 0 aliphatic rings. The summed E-state index contributed by atoms with van der Waals surface area (Å²) in [7, 11) is 0. The van der Waals surface area contributed by atoms with Gasteiger partial charge in [-0.2, -0.15) is 0 Å². The predicted octanol–water partition coefficient (Wildman–Crippen LogP) is 3.76. The first kappa shape index (κ1) is 13.1. The Kier molecular flexibility index (Phi) is 4.04. The number of halogens is 1. The molecule has 0 spiro atoms. The molecule has 94 valence electrons. The molecule has 2 N–H and O–H groups in total. The summed E-state index contributed by atoms with van der Waals surface area (Å²) in [6, 6.07) is 7.10. The minimum absolute atomic E-state index is 0.269. The molecule has 0 aliphatic carbocycles. The molecule has 0 fully saturated rings. The van der Waals surface area contributed by atoms with E-state index in [1.54, 1.807) is 23.5 Å². The van der Waals surface area contributed by atoms with Crippen LogP contribution in [0.5, 0.6) is 0 Å². The number of rotatable bonds is 3. The lowest BCUT2D eigenvalue weighted by atomic mass is 10.1. The maximum Gasteiger partial charge on any atom is 0.338 e. The molecule has 0 atom stereocenters. The van der Waals surface area contributed by atoms with E-state index in [1.165, 1.54) is 0 Å². The van der Waals surface area contributed by atoms with E-state index in [9.17, 15) is 4.79 Å². The highest BCUT2D eigenvalue weighted by Gasteiger charge is 2.10. The number of carbonyl (C=O) groups excluding carboxylic acids is 1. The van der Waals surface area contributed by atoms with Crippen LogP contribution in [0.2, 0.25) is 0 Å². The summed E-state index contributed by atoms with van der Waals surface area (Å²) in [6.07, 6.45) is 0. The van der Waals surface area contributed by atoms with Crippen molar-refractivity contribution in [3.63, 3.8) is 0 Å². The maximum absolute atomic E-state index is 11.8. The predicted molar refractivity (Wildman–Crippen MR) is 76.7 cm³/mol. The molecule has 1 aromatic heterocycles. The van der Waals surface area contributed by atoms with Crippen molar-refractivity contribution in [3.8, 4) is 0 Å². The van der Waals surface area contributed by atoms with Crippen LogP contribution >= 0.6 is 27.3 Å². The highest BCUT2D eigenvalue weighted by Crippen LogP contribution is 2.24. The second-order valence-electron chi connectivity index (χ2n) is 3.84. The third-order valence-electron chi connectivity index (χ3n) is 2.54. The Morgan fingerprint density at radius 3 is 2.83 bits per heavy atom. The van der Waals surface area contributed by atoms with Gasteiger partial charge in [0.05, 0.1) is 10.4 Å². The van der Waals surface area contributed by atoms with Crippen LogP contribution in [-0.2, 0) is 11.3 Å². The first-order chi connectivity index (χ1) is 8.58. The minimum atomic E-state index is -0.359. The van der Waals surface area contributed by atoms with Crippen molar-refractivity contribution < 1.29 is 9.53 Å². The highest BCUT2D eigenvalue weighted by molar-refractivity contribution is 9.10. The van der Waals surface area contributed by atoms with Gasteiger partial charge in [-0.05, 0) is 52.0 Å². The van der Waals surface area contributed by atoms with Crippen molar-refractivity contribution in [2.45, 2.75) is 13.5 Å². The number of thiophene rings is 1. The molecular weight excluding hydrogens is 314 g/mol. The number of hydrogen-bond acceptors (Lipinski definition) is 4. The van der Waals surface area contributed by atoms with Crippen LogP contribution < -0.4 is 5.73 Å². The molecule has 18 heavy (non-hydrogen) atoms. The smallest absolute Gasteiger partial charge is 0.338 e. The number of ether oxygens (including phenoxy) is 1. The number of anilines is 1. The van der Waals surface area contributed by atoms with Gasteiger partial charge in [-0.25, -0.2) is 4.79 Å². The Hall–Kier alpha value is -1.33. The summed E-state index contributed by atoms with van der Waals surface area (Å²) in [4.78, 5) is 12.8. The van der Waals surface area contributed by atoms with Gasteiger partial charge in [0.15, 0.2) is 0 Å². The Bertz CT molecular complexity index is 580. The molecule has 0 aliphatic heterocycles. The number of benzene rings is 1. The van der Waals surface area contributed by atoms with Crippen molar-refractivity contribution in [3.05, 3.63) is 50.1 Å². The third kappa shape index (κ3) is 2.91. The van der Waals surface area contributed by atoms with E-state index in [0.29, 0.717) is 11.3 Å². The zero-order valence-electron chi connectivity index (χ0n) is 9.77. The first-order valence-electron chi connectivity index (χ1n) is 5.33. The van der Waals surface area contributed by atoms with Crippen molar-refractivity contribution in [1.82, 2.24) is 0 Å². The molecule has 0 saturated carbocycles. The summed E-state index contributed by atoms with van der Waals surface area (Å²) in [5, 5.41) is 1.94. The number of hydrogen-bond donors (Lipinski definition) is 1. The van der Waals surface area contributed by atoms with E-state index in [2.05, 4.69) is 15.9 Å². The maximum atomic E-state index is 11.8. The van der Waals surface area contributed by atoms with E-state index in [-0.39, 0.29) is 12.6 Å². The number of nitrogen functional groups attached to an aromatic ring is 1. The van der Waals surface area contributed by atoms with Crippen LogP contribution in [0.25, 0.3) is 0 Å². The molecule has 0 unspecified atom stereocenters. The summed E-state index contributed by atoms with van der Waals surface area (Å²) in [5.41, 5.74) is 7.79. The Morgan fingerprint density at radius 2 is 2.22 bits per heavy atom. The Labute approximate surface area is 118 Å². The van der Waals surface area contributed by atoms with Crippen LogP contribution in [0.3, 0.4) is 0 Å². The molecule has 5 heteroatoms. The average Bonchev–Trinajstić information content (AvgIpc) is 2.75. The fourth-order valence-electron chi connectivity index (χ4n) is 1.41. The topological polar surface area (TPSA) is 52.3 Å². The standard InChI is InChI=1S/C13H12BrNO2S/c1-8-2-3-9(6-11(8)15)13(16)17-7-12-10(14)4-5-18-12/h2-6H,7,15H2,1H3. The van der Waals surface area contributed by atoms with Crippen LogP contribution in [0, 0.1) is 6.92 Å². The number of carbonyl (C=O) groups is 1. The summed E-state index contributed by atoms with van der Waals surface area (Å²) in [6.45, 7) is 2.16. The zero-order chi connectivity index (χ0) is 13.1. The van der Waals surface area contributed by atoms with Crippen molar-refractivity contribution >= 4 is 38.9 Å². The second kappa shape index (κ2) is 5.54. The third-order valence-corrected chi connectivity index (χ3v) is 4.44. The zero-order valence-corrected chi connectivity index (χ0v) is 12.2. The summed E-state index contributed by atoms with van der Waals surface area (Å²) in [5.74, 6) is -0.359. The minimum Gasteiger partial charge on any atom is -0.456 e. The van der Waals surface area contributed by atoms with E-state index < -0.39 is 0 Å². The lowest BCUT2D eigenvalue weighted by Gasteiger charge is -2.06. The lowest BCUT2D eigenvalue weighted by molar-refractivity contribution is 0.0476. The van der Waals surface area contributed by atoms with E-state index >= 15 is 0 Å². The van der Waals surface area contributed by atoms with Crippen LogP contribution in [0.4, 0.5) is 5.69 Å². The van der Waals surface area contributed by atoms with Gasteiger partial charge >= 0.3 is 5.97 Å². The fraction of sp³-hybridized carbons (Fsp3) is 0.154. The van der Waals surface area contributed by atoms with Crippen molar-refractivity contribution in [1.29, 1.82) is 0 Å². The van der Waals surface area contributed by atoms with E-state index in [0.717, 1.165) is 14.9 Å². The largest absolute Gasteiger partial charge is 0.456 e. The molecule has 0 saturated heterocycles. The van der Waals surface area contributed by atoms with E-state index in [1.807, 2.05) is 24.4 Å². The summed E-state index contributed by atoms with van der Waals surface area (Å²) >= 11 is 4.94.